The van der Waals surface area contributed by atoms with Gasteiger partial charge in [0.1, 0.15) is 17.1 Å². The maximum atomic E-state index is 5.31. The van der Waals surface area contributed by atoms with Gasteiger partial charge in [-0.15, -0.1) is 0 Å². The number of hydrogen-bond donors (Lipinski definition) is 1. The normalized spacial score (nSPS) is 11.3. The molecule has 7 heteroatoms. The molecule has 0 fully saturated rings. The zero-order chi connectivity index (χ0) is 17.5. The van der Waals surface area contributed by atoms with E-state index in [4.69, 9.17) is 14.8 Å². The number of anilines is 2. The number of benzene rings is 1. The van der Waals surface area contributed by atoms with Crippen LogP contribution >= 0.6 is 0 Å². The van der Waals surface area contributed by atoms with Crippen LogP contribution in [0.15, 0.2) is 61.3 Å². The lowest BCUT2D eigenvalue weighted by molar-refractivity contribution is 0.415. The van der Waals surface area contributed by atoms with E-state index in [1.54, 1.807) is 31.9 Å². The average molecular weight is 342 g/mol. The van der Waals surface area contributed by atoms with E-state index in [-0.39, 0.29) is 0 Å². The Morgan fingerprint density at radius 1 is 1.08 bits per heavy atom. The summed E-state index contributed by atoms with van der Waals surface area (Å²) in [5, 5.41) is 9.92. The highest BCUT2D eigenvalue weighted by Crippen LogP contribution is 2.33. The molecule has 0 saturated carbocycles. The Hall–Kier alpha value is -3.74. The van der Waals surface area contributed by atoms with E-state index >= 15 is 0 Å². The lowest BCUT2D eigenvalue weighted by Gasteiger charge is -2.10. The number of pyridine rings is 2. The van der Waals surface area contributed by atoms with Gasteiger partial charge in [-0.2, -0.15) is 5.10 Å². The van der Waals surface area contributed by atoms with Crippen LogP contribution in [0.2, 0.25) is 0 Å². The van der Waals surface area contributed by atoms with Gasteiger partial charge in [-0.05, 0) is 18.2 Å². The van der Waals surface area contributed by atoms with Crippen molar-refractivity contribution in [3.05, 3.63) is 61.3 Å². The van der Waals surface area contributed by atoms with Crippen molar-refractivity contribution in [2.45, 2.75) is 0 Å². The van der Waals surface area contributed by atoms with Gasteiger partial charge >= 0.3 is 0 Å². The van der Waals surface area contributed by atoms with Crippen molar-refractivity contribution in [3.63, 3.8) is 0 Å². The number of fused-ring (bicyclic) bond motifs is 5. The Bertz CT molecular complexity index is 1260. The molecule has 0 saturated heterocycles. The number of rotatable bonds is 3. The van der Waals surface area contributed by atoms with Crippen LogP contribution in [-0.4, -0.2) is 31.7 Å². The van der Waals surface area contributed by atoms with Crippen LogP contribution in [0.4, 0.5) is 11.5 Å². The Labute approximate surface area is 148 Å². The molecule has 0 radical (unpaired) electrons. The number of nitrogens with one attached hydrogen (secondary N) is 1. The molecule has 126 valence electrons. The quantitative estimate of drug-likeness (QED) is 0.540. The van der Waals surface area contributed by atoms with E-state index in [9.17, 15) is 0 Å². The molecule has 0 unspecified atom stereocenters. The Balaban J connectivity index is 1.81. The van der Waals surface area contributed by atoms with E-state index in [1.807, 2.05) is 41.0 Å². The monoisotopic (exact) mass is 342 g/mol. The first-order valence-electron chi connectivity index (χ1n) is 8.10. The molecular formula is C19H14N6O. The minimum atomic E-state index is 0.718. The molecule has 0 aliphatic carbocycles. The van der Waals surface area contributed by atoms with E-state index in [0.29, 0.717) is 0 Å². The first kappa shape index (κ1) is 14.6. The number of hydrogen-bond acceptors (Lipinski definition) is 6. The first-order chi connectivity index (χ1) is 12.8. The van der Waals surface area contributed by atoms with Crippen molar-refractivity contribution in [1.82, 2.24) is 24.6 Å². The average Bonchev–Trinajstić information content (AvgIpc) is 3.08. The predicted molar refractivity (Wildman–Crippen MR) is 99.9 cm³/mol. The van der Waals surface area contributed by atoms with Crippen LogP contribution in [0.1, 0.15) is 0 Å². The summed E-state index contributed by atoms with van der Waals surface area (Å²) in [4.78, 5) is 13.3. The van der Waals surface area contributed by atoms with Gasteiger partial charge in [0.05, 0.1) is 29.7 Å². The third-order valence-corrected chi connectivity index (χ3v) is 4.29. The van der Waals surface area contributed by atoms with Crippen LogP contribution < -0.4 is 10.1 Å². The predicted octanol–water partition coefficient (Wildman–Crippen LogP) is 3.58. The molecule has 0 aliphatic rings. The summed E-state index contributed by atoms with van der Waals surface area (Å²) in [5.41, 5.74) is 3.43. The van der Waals surface area contributed by atoms with E-state index < -0.39 is 0 Å². The molecule has 4 heterocycles. The van der Waals surface area contributed by atoms with Gasteiger partial charge in [0.2, 0.25) is 0 Å². The van der Waals surface area contributed by atoms with Crippen molar-refractivity contribution in [3.8, 4) is 5.75 Å². The molecule has 1 aromatic carbocycles. The van der Waals surface area contributed by atoms with Gasteiger partial charge in [-0.25, -0.2) is 9.50 Å². The Morgan fingerprint density at radius 3 is 2.92 bits per heavy atom. The van der Waals surface area contributed by atoms with E-state index in [0.717, 1.165) is 44.6 Å². The lowest BCUT2D eigenvalue weighted by atomic mass is 10.2. The molecule has 5 rings (SSSR count). The summed E-state index contributed by atoms with van der Waals surface area (Å²) in [6.07, 6.45) is 8.85. The van der Waals surface area contributed by atoms with Crippen LogP contribution in [0.5, 0.6) is 5.75 Å². The van der Waals surface area contributed by atoms with Crippen LogP contribution in [-0.2, 0) is 0 Å². The lowest BCUT2D eigenvalue weighted by Crippen LogP contribution is -1.96. The molecule has 5 aromatic rings. The highest BCUT2D eigenvalue weighted by molar-refractivity contribution is 6.14. The van der Waals surface area contributed by atoms with Crippen molar-refractivity contribution >= 4 is 38.8 Å². The smallest absolute Gasteiger partial charge is 0.142 e. The topological polar surface area (TPSA) is 77.2 Å². The first-order valence-corrected chi connectivity index (χ1v) is 8.10. The molecule has 0 atom stereocenters. The molecule has 0 amide bonds. The standard InChI is InChI=1S/C19H14N6O/c1-26-13-4-2-3-12(9-13)22-19-17-16-11-21-7-8-25(16)24-18(17)14-10-20-6-5-15(14)23-19/h2-11H,1H3,(H,22,23). The second-order valence-corrected chi connectivity index (χ2v) is 5.84. The third-order valence-electron chi connectivity index (χ3n) is 4.29. The largest absolute Gasteiger partial charge is 0.497 e. The summed E-state index contributed by atoms with van der Waals surface area (Å²) in [6, 6.07) is 9.61. The number of aromatic nitrogens is 5. The zero-order valence-electron chi connectivity index (χ0n) is 13.9. The van der Waals surface area contributed by atoms with Crippen molar-refractivity contribution in [2.75, 3.05) is 12.4 Å². The van der Waals surface area contributed by atoms with Gasteiger partial charge in [-0.1, -0.05) is 6.07 Å². The molecular weight excluding hydrogens is 328 g/mol. The second kappa shape index (κ2) is 5.66. The second-order valence-electron chi connectivity index (χ2n) is 5.84. The van der Waals surface area contributed by atoms with E-state index in [1.165, 1.54) is 0 Å². The van der Waals surface area contributed by atoms with Gasteiger partial charge in [-0.3, -0.25) is 9.97 Å². The molecule has 1 N–H and O–H groups in total. The zero-order valence-corrected chi connectivity index (χ0v) is 13.9. The molecule has 26 heavy (non-hydrogen) atoms. The summed E-state index contributed by atoms with van der Waals surface area (Å²) in [6.45, 7) is 0. The van der Waals surface area contributed by atoms with Crippen LogP contribution in [0.3, 0.4) is 0 Å². The van der Waals surface area contributed by atoms with Crippen LogP contribution in [0, 0.1) is 0 Å². The third kappa shape index (κ3) is 2.21. The Morgan fingerprint density at radius 2 is 2.00 bits per heavy atom. The fraction of sp³-hybridized carbons (Fsp3) is 0.0526. The highest BCUT2D eigenvalue weighted by atomic mass is 16.5. The fourth-order valence-corrected chi connectivity index (χ4v) is 3.09. The summed E-state index contributed by atoms with van der Waals surface area (Å²) >= 11 is 0. The number of methoxy groups -OCH3 is 1. The maximum absolute atomic E-state index is 5.31. The van der Waals surface area contributed by atoms with Crippen LogP contribution in [0.25, 0.3) is 27.3 Å². The maximum Gasteiger partial charge on any atom is 0.142 e. The van der Waals surface area contributed by atoms with Crippen molar-refractivity contribution < 1.29 is 4.74 Å². The van der Waals surface area contributed by atoms with Gasteiger partial charge in [0.15, 0.2) is 0 Å². The number of ether oxygens (including phenoxy) is 1. The minimum Gasteiger partial charge on any atom is -0.497 e. The van der Waals surface area contributed by atoms with Crippen molar-refractivity contribution in [1.29, 1.82) is 0 Å². The highest BCUT2D eigenvalue weighted by Gasteiger charge is 2.15. The summed E-state index contributed by atoms with van der Waals surface area (Å²) in [5.74, 6) is 1.49. The summed E-state index contributed by atoms with van der Waals surface area (Å²) in [7, 11) is 1.65. The fourth-order valence-electron chi connectivity index (χ4n) is 3.09. The minimum absolute atomic E-state index is 0.718. The molecule has 4 aromatic heterocycles. The molecule has 0 aliphatic heterocycles. The number of nitrogens with zero attached hydrogens (tertiary/aromatic N) is 5. The molecule has 0 spiro atoms. The van der Waals surface area contributed by atoms with E-state index in [2.05, 4.69) is 15.3 Å². The summed E-state index contributed by atoms with van der Waals surface area (Å²) < 4.78 is 7.12. The van der Waals surface area contributed by atoms with Crippen molar-refractivity contribution in [2.24, 2.45) is 0 Å². The SMILES string of the molecule is COc1cccc(Nc2nc3ccncc3c3nn4ccncc4c23)c1. The van der Waals surface area contributed by atoms with Gasteiger partial charge in [0.25, 0.3) is 0 Å². The molecule has 0 bridgehead atoms. The van der Waals surface area contributed by atoms with Gasteiger partial charge in [0, 0.05) is 41.9 Å². The molecule has 7 nitrogen and oxygen atoms in total. The van der Waals surface area contributed by atoms with Gasteiger partial charge < -0.3 is 10.1 Å². The Kier molecular flexibility index (Phi) is 3.18.